The van der Waals surface area contributed by atoms with Gasteiger partial charge in [-0.15, -0.1) is 0 Å². The van der Waals surface area contributed by atoms with E-state index in [1.807, 2.05) is 41.3 Å². The van der Waals surface area contributed by atoms with Gasteiger partial charge in [-0.2, -0.15) is 4.98 Å². The molecule has 0 bridgehead atoms. The van der Waals surface area contributed by atoms with Gasteiger partial charge in [0.25, 0.3) is 0 Å². The van der Waals surface area contributed by atoms with Crippen LogP contribution in [-0.2, 0) is 11.3 Å². The molecule has 6 heteroatoms. The molecule has 1 fully saturated rings. The molecule has 1 unspecified atom stereocenters. The molecule has 1 amide bonds. The van der Waals surface area contributed by atoms with Crippen LogP contribution in [0, 0.1) is 6.92 Å². The zero-order chi connectivity index (χ0) is 18.8. The summed E-state index contributed by atoms with van der Waals surface area (Å²) in [6.45, 7) is 2.61. The summed E-state index contributed by atoms with van der Waals surface area (Å²) in [5.74, 6) is 1.89. The van der Waals surface area contributed by atoms with E-state index in [-0.39, 0.29) is 11.9 Å². The predicted octanol–water partition coefficient (Wildman–Crippen LogP) is 3.92. The Morgan fingerprint density at radius 1 is 1.19 bits per heavy atom. The molecule has 0 aliphatic carbocycles. The Morgan fingerprint density at radius 2 is 1.96 bits per heavy atom. The van der Waals surface area contributed by atoms with Gasteiger partial charge in [-0.3, -0.25) is 4.79 Å². The molecule has 0 saturated carbocycles. The molecule has 1 aromatic heterocycles. The molecule has 3 aromatic rings. The fraction of sp³-hybridized carbons (Fsp3) is 0.286. The third-order valence-corrected chi connectivity index (χ3v) is 5.01. The number of amides is 1. The topological polar surface area (TPSA) is 68.5 Å². The van der Waals surface area contributed by atoms with Gasteiger partial charge >= 0.3 is 0 Å². The first-order chi connectivity index (χ1) is 13.2. The minimum atomic E-state index is -0.184. The van der Waals surface area contributed by atoms with Gasteiger partial charge in [0.2, 0.25) is 17.6 Å². The molecule has 0 spiro atoms. The summed E-state index contributed by atoms with van der Waals surface area (Å²) in [6.07, 6.45) is 1.19. The lowest BCUT2D eigenvalue weighted by Crippen LogP contribution is -2.27. The lowest BCUT2D eigenvalue weighted by molar-refractivity contribution is -0.130. The van der Waals surface area contributed by atoms with Gasteiger partial charge in [0.15, 0.2) is 0 Å². The molecule has 1 atom stereocenters. The molecule has 1 aliphatic heterocycles. The smallest absolute Gasteiger partial charge is 0.249 e. The van der Waals surface area contributed by atoms with Crippen LogP contribution < -0.4 is 4.74 Å². The minimum Gasteiger partial charge on any atom is -0.497 e. The van der Waals surface area contributed by atoms with Gasteiger partial charge in [0, 0.05) is 18.5 Å². The second-order valence-electron chi connectivity index (χ2n) is 6.69. The maximum atomic E-state index is 12.4. The Balaban J connectivity index is 1.57. The maximum Gasteiger partial charge on any atom is 0.249 e. The summed E-state index contributed by atoms with van der Waals surface area (Å²) in [7, 11) is 1.63. The van der Waals surface area contributed by atoms with Gasteiger partial charge in [-0.25, -0.2) is 0 Å². The first-order valence-electron chi connectivity index (χ1n) is 8.97. The van der Waals surface area contributed by atoms with Gasteiger partial charge in [0.05, 0.1) is 7.11 Å². The van der Waals surface area contributed by atoms with E-state index in [2.05, 4.69) is 29.2 Å². The van der Waals surface area contributed by atoms with Crippen LogP contribution in [0.4, 0.5) is 0 Å². The van der Waals surface area contributed by atoms with Crippen LogP contribution in [0.15, 0.2) is 53.1 Å². The fourth-order valence-electron chi connectivity index (χ4n) is 3.39. The number of rotatable bonds is 5. The van der Waals surface area contributed by atoms with Gasteiger partial charge in [-0.1, -0.05) is 29.4 Å². The minimum absolute atomic E-state index is 0.118. The van der Waals surface area contributed by atoms with Crippen LogP contribution in [0.2, 0.25) is 0 Å². The number of hydrogen-bond donors (Lipinski definition) is 0. The van der Waals surface area contributed by atoms with Crippen molar-refractivity contribution in [1.29, 1.82) is 0 Å². The van der Waals surface area contributed by atoms with Crippen molar-refractivity contribution >= 4 is 5.91 Å². The van der Waals surface area contributed by atoms with E-state index in [1.54, 1.807) is 7.11 Å². The van der Waals surface area contributed by atoms with Gasteiger partial charge in [0.1, 0.15) is 11.8 Å². The molecule has 1 saturated heterocycles. The summed E-state index contributed by atoms with van der Waals surface area (Å²) in [5, 5.41) is 4.11. The van der Waals surface area contributed by atoms with Crippen molar-refractivity contribution in [2.45, 2.75) is 32.4 Å². The van der Waals surface area contributed by atoms with Crippen LogP contribution >= 0.6 is 0 Å². The normalized spacial score (nSPS) is 16.7. The molecular formula is C21H21N3O3. The van der Waals surface area contributed by atoms with Crippen molar-refractivity contribution in [3.63, 3.8) is 0 Å². The molecule has 138 valence electrons. The second kappa shape index (κ2) is 7.23. The number of carbonyl (C=O) groups is 1. The highest BCUT2D eigenvalue weighted by molar-refractivity contribution is 5.79. The van der Waals surface area contributed by atoms with Crippen molar-refractivity contribution in [2.24, 2.45) is 0 Å². The number of likely N-dealkylation sites (tertiary alicyclic amines) is 1. The molecule has 0 radical (unpaired) electrons. The highest BCUT2D eigenvalue weighted by Gasteiger charge is 2.36. The van der Waals surface area contributed by atoms with E-state index in [1.165, 1.54) is 5.56 Å². The second-order valence-corrected chi connectivity index (χ2v) is 6.69. The lowest BCUT2D eigenvalue weighted by atomic mass is 10.1. The Morgan fingerprint density at radius 3 is 2.70 bits per heavy atom. The van der Waals surface area contributed by atoms with E-state index in [9.17, 15) is 4.79 Å². The van der Waals surface area contributed by atoms with E-state index in [0.717, 1.165) is 16.9 Å². The zero-order valence-corrected chi connectivity index (χ0v) is 15.4. The van der Waals surface area contributed by atoms with Crippen LogP contribution in [0.25, 0.3) is 11.4 Å². The zero-order valence-electron chi connectivity index (χ0n) is 15.4. The Kier molecular flexibility index (Phi) is 4.62. The summed E-state index contributed by atoms with van der Waals surface area (Å²) in [5.41, 5.74) is 3.15. The average molecular weight is 363 g/mol. The molecule has 2 aromatic carbocycles. The van der Waals surface area contributed by atoms with E-state index in [4.69, 9.17) is 9.26 Å². The van der Waals surface area contributed by atoms with Crippen molar-refractivity contribution < 1.29 is 14.1 Å². The highest BCUT2D eigenvalue weighted by atomic mass is 16.5. The molecule has 2 heterocycles. The van der Waals surface area contributed by atoms with Crippen molar-refractivity contribution in [3.8, 4) is 17.1 Å². The number of nitrogens with zero attached hydrogens (tertiary/aromatic N) is 3. The number of hydrogen-bond acceptors (Lipinski definition) is 5. The molecule has 4 rings (SSSR count). The molecule has 27 heavy (non-hydrogen) atoms. The molecule has 0 N–H and O–H groups in total. The van der Waals surface area contributed by atoms with Crippen LogP contribution in [0.1, 0.15) is 35.9 Å². The van der Waals surface area contributed by atoms with Crippen LogP contribution in [0.5, 0.6) is 5.75 Å². The predicted molar refractivity (Wildman–Crippen MR) is 100.0 cm³/mol. The number of carbonyl (C=O) groups excluding carboxylic acids is 1. The van der Waals surface area contributed by atoms with Crippen molar-refractivity contribution in [2.75, 3.05) is 7.11 Å². The van der Waals surface area contributed by atoms with Gasteiger partial charge < -0.3 is 14.2 Å². The fourth-order valence-corrected chi connectivity index (χ4v) is 3.39. The SMILES string of the molecule is COc1ccc(-c2noc(C3CCC(=O)N3Cc3ccccc3C)n2)cc1. The van der Waals surface area contributed by atoms with Gasteiger partial charge in [-0.05, 0) is 48.7 Å². The Hall–Kier alpha value is -3.15. The molecule has 6 nitrogen and oxygen atoms in total. The number of benzene rings is 2. The number of ether oxygens (including phenoxy) is 1. The van der Waals surface area contributed by atoms with Crippen LogP contribution in [0.3, 0.4) is 0 Å². The summed E-state index contributed by atoms with van der Waals surface area (Å²) < 4.78 is 10.7. The Bertz CT molecular complexity index is 949. The third kappa shape index (κ3) is 3.43. The third-order valence-electron chi connectivity index (χ3n) is 5.01. The number of aromatic nitrogens is 2. The summed E-state index contributed by atoms with van der Waals surface area (Å²) >= 11 is 0. The van der Waals surface area contributed by atoms with Crippen molar-refractivity contribution in [3.05, 3.63) is 65.5 Å². The first kappa shape index (κ1) is 17.3. The maximum absolute atomic E-state index is 12.4. The van der Waals surface area contributed by atoms with Crippen molar-refractivity contribution in [1.82, 2.24) is 15.0 Å². The van der Waals surface area contributed by atoms with E-state index < -0.39 is 0 Å². The first-order valence-corrected chi connectivity index (χ1v) is 8.97. The monoisotopic (exact) mass is 363 g/mol. The highest BCUT2D eigenvalue weighted by Crippen LogP contribution is 2.34. The van der Waals surface area contributed by atoms with E-state index >= 15 is 0 Å². The quantitative estimate of drug-likeness (QED) is 0.687. The summed E-state index contributed by atoms with van der Waals surface area (Å²) in [4.78, 5) is 18.8. The number of methoxy groups -OCH3 is 1. The van der Waals surface area contributed by atoms with Crippen LogP contribution in [-0.4, -0.2) is 28.1 Å². The molecular weight excluding hydrogens is 342 g/mol. The van der Waals surface area contributed by atoms with E-state index in [0.29, 0.717) is 31.1 Å². The molecule has 1 aliphatic rings. The number of aryl methyl sites for hydroxylation is 1. The average Bonchev–Trinajstić information content (AvgIpc) is 3.31. The largest absolute Gasteiger partial charge is 0.497 e. The summed E-state index contributed by atoms with van der Waals surface area (Å²) in [6, 6.07) is 15.4. The lowest BCUT2D eigenvalue weighted by Gasteiger charge is -2.23. The standard InChI is InChI=1S/C21H21N3O3/c1-14-5-3-4-6-16(14)13-24-18(11-12-19(24)25)21-22-20(23-27-21)15-7-9-17(26-2)10-8-15/h3-10,18H,11-13H2,1-2H3. The Labute approximate surface area is 157 Å².